The second-order valence-electron chi connectivity index (χ2n) is 3.48. The number of rotatable bonds is 1. The molecule has 0 saturated carbocycles. The molecule has 2 fully saturated rings. The zero-order valence-corrected chi connectivity index (χ0v) is 8.21. The lowest BCUT2D eigenvalue weighted by atomic mass is 10.2. The van der Waals surface area contributed by atoms with Gasteiger partial charge in [0.2, 0.25) is 5.91 Å². The minimum absolute atomic E-state index is 0.0185. The lowest BCUT2D eigenvalue weighted by Gasteiger charge is -2.18. The summed E-state index contributed by atoms with van der Waals surface area (Å²) in [4.78, 5) is 23.4. The normalized spacial score (nSPS) is 30.9. The number of carbonyl (C=O) groups excluding carboxylic acids is 2. The number of amides is 3. The van der Waals surface area contributed by atoms with Gasteiger partial charge in [-0.05, 0) is 6.42 Å². The highest BCUT2D eigenvalue weighted by Crippen LogP contribution is 2.19. The zero-order chi connectivity index (χ0) is 10.3. The predicted octanol–water partition coefficient (Wildman–Crippen LogP) is -1.27. The van der Waals surface area contributed by atoms with Crippen LogP contribution in [0.1, 0.15) is 6.42 Å². The van der Waals surface area contributed by atoms with Crippen molar-refractivity contribution in [3.05, 3.63) is 0 Å². The predicted molar refractivity (Wildman–Crippen MR) is 47.3 cm³/mol. The molecule has 2 saturated heterocycles. The van der Waals surface area contributed by atoms with Gasteiger partial charge in [-0.2, -0.15) is 0 Å². The van der Waals surface area contributed by atoms with Crippen molar-refractivity contribution in [2.24, 2.45) is 0 Å². The third-order valence-electron chi connectivity index (χ3n) is 2.45. The highest BCUT2D eigenvalue weighted by molar-refractivity contribution is 7.91. The Morgan fingerprint density at radius 1 is 1.36 bits per heavy atom. The van der Waals surface area contributed by atoms with Crippen molar-refractivity contribution in [3.8, 4) is 0 Å². The van der Waals surface area contributed by atoms with Crippen LogP contribution in [0.3, 0.4) is 0 Å². The topological polar surface area (TPSA) is 83.6 Å². The molecule has 2 heterocycles. The Morgan fingerprint density at radius 3 is 2.50 bits per heavy atom. The first kappa shape index (κ1) is 9.45. The molecule has 1 N–H and O–H groups in total. The number of imide groups is 1. The fraction of sp³-hybridized carbons (Fsp3) is 0.714. The number of sulfone groups is 1. The van der Waals surface area contributed by atoms with Gasteiger partial charge in [0, 0.05) is 0 Å². The van der Waals surface area contributed by atoms with E-state index in [1.807, 2.05) is 0 Å². The van der Waals surface area contributed by atoms with Crippen LogP contribution in [-0.2, 0) is 14.6 Å². The SMILES string of the molecule is O=C1CNC(=O)N1[C@H]1CCS(=O)(=O)C1. The van der Waals surface area contributed by atoms with Gasteiger partial charge < -0.3 is 5.32 Å². The second kappa shape index (κ2) is 2.94. The van der Waals surface area contributed by atoms with Crippen LogP contribution in [0.5, 0.6) is 0 Å². The van der Waals surface area contributed by atoms with Crippen molar-refractivity contribution in [2.45, 2.75) is 12.5 Å². The maximum Gasteiger partial charge on any atom is 0.324 e. The third-order valence-corrected chi connectivity index (χ3v) is 4.20. The lowest BCUT2D eigenvalue weighted by Crippen LogP contribution is -2.41. The van der Waals surface area contributed by atoms with Crippen molar-refractivity contribution in [1.82, 2.24) is 10.2 Å². The van der Waals surface area contributed by atoms with Crippen molar-refractivity contribution < 1.29 is 18.0 Å². The van der Waals surface area contributed by atoms with Crippen LogP contribution < -0.4 is 5.32 Å². The van der Waals surface area contributed by atoms with Gasteiger partial charge in [-0.15, -0.1) is 0 Å². The molecule has 0 spiro atoms. The van der Waals surface area contributed by atoms with E-state index in [4.69, 9.17) is 0 Å². The number of hydrogen-bond acceptors (Lipinski definition) is 4. The molecule has 2 aliphatic rings. The van der Waals surface area contributed by atoms with Gasteiger partial charge >= 0.3 is 6.03 Å². The summed E-state index contributed by atoms with van der Waals surface area (Å²) in [5.41, 5.74) is 0. The van der Waals surface area contributed by atoms with E-state index in [-0.39, 0.29) is 24.0 Å². The first-order chi connectivity index (χ1) is 6.49. The first-order valence-corrected chi connectivity index (χ1v) is 6.12. The van der Waals surface area contributed by atoms with E-state index in [0.717, 1.165) is 4.90 Å². The molecule has 14 heavy (non-hydrogen) atoms. The van der Waals surface area contributed by atoms with Crippen LogP contribution in [-0.4, -0.2) is 49.3 Å². The van der Waals surface area contributed by atoms with Crippen LogP contribution in [0.15, 0.2) is 0 Å². The molecule has 0 aromatic carbocycles. The van der Waals surface area contributed by atoms with E-state index in [2.05, 4.69) is 5.32 Å². The number of carbonyl (C=O) groups is 2. The van der Waals surface area contributed by atoms with Gasteiger partial charge in [-0.1, -0.05) is 0 Å². The van der Waals surface area contributed by atoms with Crippen LogP contribution >= 0.6 is 0 Å². The van der Waals surface area contributed by atoms with Crippen LogP contribution in [0.4, 0.5) is 4.79 Å². The Kier molecular flexibility index (Phi) is 1.99. The molecule has 78 valence electrons. The van der Waals surface area contributed by atoms with E-state index in [1.54, 1.807) is 0 Å². The first-order valence-electron chi connectivity index (χ1n) is 4.30. The molecule has 2 rings (SSSR count). The second-order valence-corrected chi connectivity index (χ2v) is 5.71. The summed E-state index contributed by atoms with van der Waals surface area (Å²) < 4.78 is 22.3. The van der Waals surface area contributed by atoms with E-state index in [9.17, 15) is 18.0 Å². The molecule has 0 radical (unpaired) electrons. The molecule has 3 amide bonds. The Bertz CT molecular complexity index is 372. The van der Waals surface area contributed by atoms with E-state index >= 15 is 0 Å². The van der Waals surface area contributed by atoms with Gasteiger partial charge in [0.15, 0.2) is 9.84 Å². The Labute approximate surface area is 81.2 Å². The summed E-state index contributed by atoms with van der Waals surface area (Å²) in [6.07, 6.45) is 0.363. The van der Waals surface area contributed by atoms with Crippen molar-refractivity contribution in [1.29, 1.82) is 0 Å². The van der Waals surface area contributed by atoms with Crippen LogP contribution in [0.2, 0.25) is 0 Å². The molecule has 6 nitrogen and oxygen atoms in total. The highest BCUT2D eigenvalue weighted by atomic mass is 32.2. The van der Waals surface area contributed by atoms with Gasteiger partial charge in [0.05, 0.1) is 24.1 Å². The number of nitrogens with zero attached hydrogens (tertiary/aromatic N) is 1. The summed E-state index contributed by atoms with van der Waals surface area (Å²) in [6, 6.07) is -0.938. The molecule has 2 aliphatic heterocycles. The smallest absolute Gasteiger partial charge is 0.324 e. The molecule has 0 unspecified atom stereocenters. The lowest BCUT2D eigenvalue weighted by molar-refractivity contribution is -0.126. The van der Waals surface area contributed by atoms with E-state index in [1.165, 1.54) is 0 Å². The van der Waals surface area contributed by atoms with E-state index < -0.39 is 21.9 Å². The number of hydrogen-bond donors (Lipinski definition) is 1. The largest absolute Gasteiger partial charge is 0.329 e. The quantitative estimate of drug-likeness (QED) is 0.556. The molecule has 1 atom stereocenters. The summed E-state index contributed by atoms with van der Waals surface area (Å²) in [7, 11) is -3.05. The number of nitrogens with one attached hydrogen (secondary N) is 1. The zero-order valence-electron chi connectivity index (χ0n) is 7.39. The van der Waals surface area contributed by atoms with Gasteiger partial charge in [-0.3, -0.25) is 9.69 Å². The summed E-state index contributed by atoms with van der Waals surface area (Å²) in [5, 5.41) is 2.37. The molecular formula is C7H10N2O4S. The van der Waals surface area contributed by atoms with Crippen LogP contribution in [0, 0.1) is 0 Å². The van der Waals surface area contributed by atoms with Crippen molar-refractivity contribution in [2.75, 3.05) is 18.1 Å². The average molecular weight is 218 g/mol. The number of urea groups is 1. The van der Waals surface area contributed by atoms with Gasteiger partial charge in [0.1, 0.15) is 0 Å². The molecule has 0 aromatic rings. The van der Waals surface area contributed by atoms with E-state index in [0.29, 0.717) is 6.42 Å². The minimum atomic E-state index is -3.05. The summed E-state index contributed by atoms with van der Waals surface area (Å²) >= 11 is 0. The maximum atomic E-state index is 11.2. The van der Waals surface area contributed by atoms with Gasteiger partial charge in [-0.25, -0.2) is 13.2 Å². The summed E-state index contributed by atoms with van der Waals surface area (Å²) in [5.74, 6) is -0.363. The third kappa shape index (κ3) is 1.47. The molecular weight excluding hydrogens is 208 g/mol. The monoisotopic (exact) mass is 218 g/mol. The fourth-order valence-electron chi connectivity index (χ4n) is 1.78. The summed E-state index contributed by atoms with van der Waals surface area (Å²) in [6.45, 7) is -0.0185. The molecule has 0 aliphatic carbocycles. The average Bonchev–Trinajstić information content (AvgIpc) is 2.56. The molecule has 0 aromatic heterocycles. The maximum absolute atomic E-state index is 11.2. The Morgan fingerprint density at radius 2 is 2.07 bits per heavy atom. The van der Waals surface area contributed by atoms with Crippen molar-refractivity contribution >= 4 is 21.8 Å². The Balaban J connectivity index is 2.17. The fourth-order valence-corrected chi connectivity index (χ4v) is 3.48. The van der Waals surface area contributed by atoms with Crippen molar-refractivity contribution in [3.63, 3.8) is 0 Å². The highest BCUT2D eigenvalue weighted by Gasteiger charge is 2.40. The van der Waals surface area contributed by atoms with Gasteiger partial charge in [0.25, 0.3) is 0 Å². The molecule has 0 bridgehead atoms. The minimum Gasteiger partial charge on any atom is -0.329 e. The standard InChI is InChI=1S/C7H10N2O4S/c10-6-3-8-7(11)9(6)5-1-2-14(12,13)4-5/h5H,1-4H2,(H,8,11)/t5-/m0/s1. The Hall–Kier alpha value is -1.11. The van der Waals surface area contributed by atoms with Crippen LogP contribution in [0.25, 0.3) is 0 Å². The molecule has 7 heteroatoms.